The number of hydrogen-bond acceptors (Lipinski definition) is 6. The second kappa shape index (κ2) is 8.60. The zero-order chi connectivity index (χ0) is 22.1. The van der Waals surface area contributed by atoms with Gasteiger partial charge in [0.1, 0.15) is 5.39 Å². The first kappa shape index (κ1) is 20.5. The van der Waals surface area contributed by atoms with Gasteiger partial charge in [-0.2, -0.15) is 10.2 Å². The zero-order valence-corrected chi connectivity index (χ0v) is 18.3. The van der Waals surface area contributed by atoms with Crippen LogP contribution in [0.15, 0.2) is 75.8 Å². The first-order valence-electron chi connectivity index (χ1n) is 9.88. The zero-order valence-electron chi connectivity index (χ0n) is 16.7. The maximum absolute atomic E-state index is 12.7. The van der Waals surface area contributed by atoms with E-state index >= 15 is 0 Å². The fourth-order valence-corrected chi connectivity index (χ4v) is 4.35. The van der Waals surface area contributed by atoms with Crippen molar-refractivity contribution >= 4 is 46.0 Å². The number of thioether (sulfide) groups is 1. The molecule has 1 N–H and O–H groups in total. The summed E-state index contributed by atoms with van der Waals surface area (Å²) in [6, 6.07) is 16.9. The Balaban J connectivity index is 1.35. The van der Waals surface area contributed by atoms with Crippen molar-refractivity contribution in [2.24, 2.45) is 5.10 Å². The van der Waals surface area contributed by atoms with Gasteiger partial charge in [-0.25, -0.2) is 14.7 Å². The molecular weight excluding hydrogens is 448 g/mol. The van der Waals surface area contributed by atoms with Gasteiger partial charge in [0.2, 0.25) is 0 Å². The predicted octanol–water partition coefficient (Wildman–Crippen LogP) is 3.49. The smallest absolute Gasteiger partial charge is 0.262 e. The number of H-pyrrole nitrogens is 1. The van der Waals surface area contributed by atoms with Gasteiger partial charge in [-0.05, 0) is 23.8 Å². The van der Waals surface area contributed by atoms with E-state index in [0.717, 1.165) is 23.0 Å². The number of hydrogen-bond donors (Lipinski definition) is 1. The van der Waals surface area contributed by atoms with Crippen molar-refractivity contribution < 1.29 is 4.79 Å². The van der Waals surface area contributed by atoms with E-state index in [2.05, 4.69) is 20.2 Å². The fraction of sp³-hybridized carbons (Fsp3) is 0.136. The number of rotatable bonds is 5. The van der Waals surface area contributed by atoms with Gasteiger partial charge in [0.05, 0.1) is 29.9 Å². The lowest BCUT2D eigenvalue weighted by molar-refractivity contribution is -0.127. The molecule has 0 atom stereocenters. The highest BCUT2D eigenvalue weighted by Crippen LogP contribution is 2.21. The van der Waals surface area contributed by atoms with Crippen molar-refractivity contribution in [1.82, 2.24) is 24.8 Å². The molecule has 5 rings (SSSR count). The van der Waals surface area contributed by atoms with Crippen LogP contribution in [0.25, 0.3) is 16.7 Å². The van der Waals surface area contributed by atoms with Crippen molar-refractivity contribution in [1.29, 1.82) is 0 Å². The summed E-state index contributed by atoms with van der Waals surface area (Å²) >= 11 is 7.24. The Labute approximate surface area is 191 Å². The van der Waals surface area contributed by atoms with Crippen LogP contribution < -0.4 is 5.56 Å². The van der Waals surface area contributed by atoms with Gasteiger partial charge < -0.3 is 4.98 Å². The second-order valence-corrected chi connectivity index (χ2v) is 8.51. The molecular formula is C22H17ClN6O2S. The van der Waals surface area contributed by atoms with Gasteiger partial charge in [-0.1, -0.05) is 59.8 Å². The molecule has 2 aromatic heterocycles. The summed E-state index contributed by atoms with van der Waals surface area (Å²) in [5, 5.41) is 11.5. The number of nitrogens with zero attached hydrogens (tertiary/aromatic N) is 5. The predicted molar refractivity (Wildman–Crippen MR) is 125 cm³/mol. The molecule has 1 aliphatic rings. The Kier molecular flexibility index (Phi) is 5.50. The number of amides is 1. The highest BCUT2D eigenvalue weighted by Gasteiger charge is 2.22. The van der Waals surface area contributed by atoms with Crippen molar-refractivity contribution in [3.05, 3.63) is 81.7 Å². The van der Waals surface area contributed by atoms with Crippen molar-refractivity contribution in [2.75, 3.05) is 12.3 Å². The van der Waals surface area contributed by atoms with Crippen LogP contribution >= 0.6 is 23.4 Å². The standard InChI is InChI=1S/C22H17ClN6O2S/c23-15-7-4-8-16(11-15)29-20-17(12-24-29)21(31)26-22(25-20)32-13-19(30)28-10-9-18(27-28)14-5-2-1-3-6-14/h1-8,11-12H,9-10,13H2,(H,25,26,31). The summed E-state index contributed by atoms with van der Waals surface area (Å²) in [6.45, 7) is 0.536. The van der Waals surface area contributed by atoms with E-state index in [0.29, 0.717) is 39.9 Å². The van der Waals surface area contributed by atoms with E-state index in [1.54, 1.807) is 22.9 Å². The SMILES string of the molecule is O=C(CSc1nc2c(cnn2-c2cccc(Cl)c2)c(=O)[nH]1)N1CCC(c2ccccc2)=N1. The molecule has 0 bridgehead atoms. The summed E-state index contributed by atoms with van der Waals surface area (Å²) in [5.41, 5.74) is 2.68. The molecule has 8 nitrogen and oxygen atoms in total. The van der Waals surface area contributed by atoms with Crippen LogP contribution in [-0.2, 0) is 4.79 Å². The topological polar surface area (TPSA) is 96.2 Å². The van der Waals surface area contributed by atoms with E-state index in [1.165, 1.54) is 11.2 Å². The van der Waals surface area contributed by atoms with E-state index in [4.69, 9.17) is 11.6 Å². The largest absolute Gasteiger partial charge is 0.301 e. The number of halogens is 1. The number of fused-ring (bicyclic) bond motifs is 1. The Morgan fingerprint density at radius 3 is 2.81 bits per heavy atom. The van der Waals surface area contributed by atoms with Gasteiger partial charge in [0, 0.05) is 11.4 Å². The molecule has 2 aromatic carbocycles. The highest BCUT2D eigenvalue weighted by atomic mass is 35.5. The monoisotopic (exact) mass is 464 g/mol. The first-order valence-corrected chi connectivity index (χ1v) is 11.2. The minimum Gasteiger partial charge on any atom is -0.301 e. The van der Waals surface area contributed by atoms with E-state index in [-0.39, 0.29) is 17.2 Å². The molecule has 1 amide bonds. The van der Waals surface area contributed by atoms with Crippen LogP contribution in [0.1, 0.15) is 12.0 Å². The Bertz CT molecular complexity index is 1400. The Morgan fingerprint density at radius 2 is 2.00 bits per heavy atom. The van der Waals surface area contributed by atoms with Crippen LogP contribution in [0.4, 0.5) is 0 Å². The third-order valence-corrected chi connectivity index (χ3v) is 6.09. The number of aromatic amines is 1. The summed E-state index contributed by atoms with van der Waals surface area (Å²) in [4.78, 5) is 32.4. The molecule has 0 unspecified atom stereocenters. The molecule has 0 spiro atoms. The van der Waals surface area contributed by atoms with E-state index in [1.807, 2.05) is 36.4 Å². The van der Waals surface area contributed by atoms with Gasteiger partial charge >= 0.3 is 0 Å². The molecule has 32 heavy (non-hydrogen) atoms. The normalized spacial score (nSPS) is 13.5. The average molecular weight is 465 g/mol. The maximum Gasteiger partial charge on any atom is 0.262 e. The lowest BCUT2D eigenvalue weighted by atomic mass is 10.1. The van der Waals surface area contributed by atoms with Gasteiger partial charge in [-0.15, -0.1) is 0 Å². The number of nitrogens with one attached hydrogen (secondary N) is 1. The Hall–Kier alpha value is -3.43. The molecule has 3 heterocycles. The quantitative estimate of drug-likeness (QED) is 0.360. The number of benzene rings is 2. The van der Waals surface area contributed by atoms with Crippen molar-refractivity contribution in [2.45, 2.75) is 11.6 Å². The molecule has 0 radical (unpaired) electrons. The van der Waals surface area contributed by atoms with E-state index in [9.17, 15) is 9.59 Å². The number of aromatic nitrogens is 4. The Morgan fingerprint density at radius 1 is 1.16 bits per heavy atom. The lowest BCUT2D eigenvalue weighted by Crippen LogP contribution is -2.25. The summed E-state index contributed by atoms with van der Waals surface area (Å²) < 4.78 is 1.55. The number of carbonyl (C=O) groups excluding carboxylic acids is 1. The first-order chi connectivity index (χ1) is 15.6. The third kappa shape index (κ3) is 4.04. The van der Waals surface area contributed by atoms with Crippen LogP contribution in [-0.4, -0.2) is 48.7 Å². The minimum atomic E-state index is -0.316. The van der Waals surface area contributed by atoms with Gasteiger partial charge in [0.25, 0.3) is 11.5 Å². The second-order valence-electron chi connectivity index (χ2n) is 7.11. The van der Waals surface area contributed by atoms with Gasteiger partial charge in [-0.3, -0.25) is 9.59 Å². The van der Waals surface area contributed by atoms with Crippen molar-refractivity contribution in [3.8, 4) is 5.69 Å². The summed E-state index contributed by atoms with van der Waals surface area (Å²) in [5.74, 6) is -0.0438. The lowest BCUT2D eigenvalue weighted by Gasteiger charge is -2.10. The molecule has 10 heteroatoms. The molecule has 0 saturated carbocycles. The van der Waals surface area contributed by atoms with Crippen LogP contribution in [0.3, 0.4) is 0 Å². The minimum absolute atomic E-state index is 0.102. The number of carbonyl (C=O) groups is 1. The maximum atomic E-state index is 12.7. The molecule has 0 saturated heterocycles. The highest BCUT2D eigenvalue weighted by molar-refractivity contribution is 7.99. The number of hydrazone groups is 1. The third-order valence-electron chi connectivity index (χ3n) is 5.00. The molecule has 1 aliphatic heterocycles. The van der Waals surface area contributed by atoms with Crippen LogP contribution in [0.2, 0.25) is 5.02 Å². The van der Waals surface area contributed by atoms with E-state index < -0.39 is 0 Å². The molecule has 4 aromatic rings. The van der Waals surface area contributed by atoms with Crippen LogP contribution in [0, 0.1) is 0 Å². The fourth-order valence-electron chi connectivity index (χ4n) is 3.44. The molecule has 0 fully saturated rings. The summed E-state index contributed by atoms with van der Waals surface area (Å²) in [7, 11) is 0. The molecule has 160 valence electrons. The van der Waals surface area contributed by atoms with Crippen LogP contribution in [0.5, 0.6) is 0 Å². The average Bonchev–Trinajstić information content (AvgIpc) is 3.46. The van der Waals surface area contributed by atoms with Gasteiger partial charge in [0.15, 0.2) is 10.8 Å². The van der Waals surface area contributed by atoms with Crippen molar-refractivity contribution in [3.63, 3.8) is 0 Å². The molecule has 0 aliphatic carbocycles. The summed E-state index contributed by atoms with van der Waals surface area (Å²) in [6.07, 6.45) is 2.17.